The van der Waals surface area contributed by atoms with Gasteiger partial charge in [0.15, 0.2) is 5.69 Å². The molecule has 0 bridgehead atoms. The fourth-order valence-corrected chi connectivity index (χ4v) is 3.36. The predicted molar refractivity (Wildman–Crippen MR) is 111 cm³/mol. The number of nitrogens with one attached hydrogen (secondary N) is 1. The van der Waals surface area contributed by atoms with Crippen LogP contribution in [0.2, 0.25) is 0 Å². The summed E-state index contributed by atoms with van der Waals surface area (Å²) in [5.41, 5.74) is 2.80. The smallest absolute Gasteiger partial charge is 0.274 e. The first-order valence-electron chi connectivity index (χ1n) is 9.77. The summed E-state index contributed by atoms with van der Waals surface area (Å²) in [6.45, 7) is 7.88. The van der Waals surface area contributed by atoms with Crippen molar-refractivity contribution >= 4 is 16.8 Å². The third-order valence-corrected chi connectivity index (χ3v) is 4.82. The molecule has 148 valence electrons. The van der Waals surface area contributed by atoms with Gasteiger partial charge in [-0.15, -0.1) is 5.10 Å². The highest BCUT2D eigenvalue weighted by molar-refractivity contribution is 5.94. The van der Waals surface area contributed by atoms with E-state index in [1.807, 2.05) is 44.2 Å². The second-order valence-corrected chi connectivity index (χ2v) is 7.27. The van der Waals surface area contributed by atoms with Crippen molar-refractivity contribution in [3.8, 4) is 5.69 Å². The Morgan fingerprint density at radius 2 is 2.11 bits per heavy atom. The Balaban J connectivity index is 1.76. The molecule has 0 saturated carbocycles. The summed E-state index contributed by atoms with van der Waals surface area (Å²) >= 11 is 0. The van der Waals surface area contributed by atoms with E-state index in [0.717, 1.165) is 42.5 Å². The van der Waals surface area contributed by atoms with Gasteiger partial charge in [-0.1, -0.05) is 24.6 Å². The molecule has 3 rings (SSSR count). The van der Waals surface area contributed by atoms with Gasteiger partial charge in [-0.2, -0.15) is 0 Å². The average Bonchev–Trinajstić information content (AvgIpc) is 3.07. The lowest BCUT2D eigenvalue weighted by Gasteiger charge is -2.21. The van der Waals surface area contributed by atoms with Gasteiger partial charge in [-0.3, -0.25) is 9.78 Å². The third kappa shape index (κ3) is 4.36. The van der Waals surface area contributed by atoms with Crippen LogP contribution in [0.1, 0.15) is 42.9 Å². The Labute approximate surface area is 165 Å². The maximum atomic E-state index is 12.7. The Morgan fingerprint density at radius 3 is 2.89 bits per heavy atom. The highest BCUT2D eigenvalue weighted by atomic mass is 16.2. The number of amides is 1. The van der Waals surface area contributed by atoms with Crippen molar-refractivity contribution in [1.82, 2.24) is 30.2 Å². The molecule has 7 heteroatoms. The maximum Gasteiger partial charge on any atom is 0.274 e. The zero-order valence-electron chi connectivity index (χ0n) is 17.0. The number of carbonyl (C=O) groups is 1. The highest BCUT2D eigenvalue weighted by Crippen LogP contribution is 2.21. The van der Waals surface area contributed by atoms with E-state index >= 15 is 0 Å². The summed E-state index contributed by atoms with van der Waals surface area (Å²) in [6.07, 6.45) is 4.08. The van der Waals surface area contributed by atoms with E-state index in [4.69, 9.17) is 0 Å². The van der Waals surface area contributed by atoms with Crippen LogP contribution in [0, 0.1) is 6.92 Å². The standard InChI is InChI=1S/C21H28N6O/c1-5-6-13-26(4)14-15(2)23-21(28)20-16(3)27(25-24-20)19-11-7-10-18-17(19)9-8-12-22-18/h7-12,15H,5-6,13-14H2,1-4H3,(H,23,28)/t15-/m0/s1. The van der Waals surface area contributed by atoms with Crippen LogP contribution in [0.4, 0.5) is 0 Å². The number of hydrogen-bond donors (Lipinski definition) is 1. The number of benzene rings is 1. The molecule has 0 unspecified atom stereocenters. The molecule has 28 heavy (non-hydrogen) atoms. The second kappa shape index (κ2) is 8.93. The molecule has 1 N–H and O–H groups in total. The van der Waals surface area contributed by atoms with Crippen LogP contribution in [-0.2, 0) is 0 Å². The quantitative estimate of drug-likeness (QED) is 0.650. The molecule has 0 spiro atoms. The Bertz CT molecular complexity index is 946. The van der Waals surface area contributed by atoms with E-state index in [1.54, 1.807) is 10.9 Å². The predicted octanol–water partition coefficient (Wildman–Crippen LogP) is 2.97. The summed E-state index contributed by atoms with van der Waals surface area (Å²) in [6, 6.07) is 9.75. The number of rotatable bonds is 8. The second-order valence-electron chi connectivity index (χ2n) is 7.27. The van der Waals surface area contributed by atoms with Gasteiger partial charge in [-0.25, -0.2) is 4.68 Å². The normalized spacial score (nSPS) is 12.5. The van der Waals surface area contributed by atoms with E-state index in [9.17, 15) is 4.79 Å². The van der Waals surface area contributed by atoms with Gasteiger partial charge in [0, 0.05) is 24.2 Å². The molecule has 0 aliphatic heterocycles. The first-order valence-corrected chi connectivity index (χ1v) is 9.77. The highest BCUT2D eigenvalue weighted by Gasteiger charge is 2.20. The van der Waals surface area contributed by atoms with Gasteiger partial charge in [0.1, 0.15) is 0 Å². The molecule has 0 fully saturated rings. The van der Waals surface area contributed by atoms with E-state index < -0.39 is 0 Å². The molecule has 7 nitrogen and oxygen atoms in total. The molecule has 1 amide bonds. The third-order valence-electron chi connectivity index (χ3n) is 4.82. The van der Waals surface area contributed by atoms with Crippen molar-refractivity contribution in [3.05, 3.63) is 47.9 Å². The van der Waals surface area contributed by atoms with Gasteiger partial charge in [0.2, 0.25) is 0 Å². The fraction of sp³-hybridized carbons (Fsp3) is 0.429. The molecule has 1 atom stereocenters. The van der Waals surface area contributed by atoms with E-state index in [1.165, 1.54) is 0 Å². The van der Waals surface area contributed by atoms with Crippen molar-refractivity contribution < 1.29 is 4.79 Å². The summed E-state index contributed by atoms with van der Waals surface area (Å²) < 4.78 is 1.71. The van der Waals surface area contributed by atoms with E-state index in [0.29, 0.717) is 11.4 Å². The topological polar surface area (TPSA) is 75.9 Å². The Morgan fingerprint density at radius 1 is 1.29 bits per heavy atom. The monoisotopic (exact) mass is 380 g/mol. The van der Waals surface area contributed by atoms with Crippen molar-refractivity contribution in [2.75, 3.05) is 20.1 Å². The van der Waals surface area contributed by atoms with Gasteiger partial charge >= 0.3 is 0 Å². The molecule has 0 saturated heterocycles. The summed E-state index contributed by atoms with van der Waals surface area (Å²) in [7, 11) is 2.08. The van der Waals surface area contributed by atoms with Crippen molar-refractivity contribution in [2.45, 2.75) is 39.7 Å². The first kappa shape index (κ1) is 19.9. The largest absolute Gasteiger partial charge is 0.347 e. The van der Waals surface area contributed by atoms with Gasteiger partial charge in [-0.05, 0) is 58.1 Å². The number of pyridine rings is 1. The van der Waals surface area contributed by atoms with Gasteiger partial charge < -0.3 is 10.2 Å². The molecular formula is C21H28N6O. The number of unbranched alkanes of at least 4 members (excludes halogenated alkanes) is 1. The number of likely N-dealkylation sites (N-methyl/N-ethyl adjacent to an activating group) is 1. The lowest BCUT2D eigenvalue weighted by atomic mass is 10.1. The molecule has 2 aromatic heterocycles. The van der Waals surface area contributed by atoms with Crippen LogP contribution >= 0.6 is 0 Å². The van der Waals surface area contributed by atoms with E-state index in [-0.39, 0.29) is 11.9 Å². The number of aromatic nitrogens is 4. The number of nitrogens with zero attached hydrogens (tertiary/aromatic N) is 5. The lowest BCUT2D eigenvalue weighted by Crippen LogP contribution is -2.41. The van der Waals surface area contributed by atoms with E-state index in [2.05, 4.69) is 39.5 Å². The molecule has 3 aromatic rings. The van der Waals surface area contributed by atoms with Gasteiger partial charge in [0.25, 0.3) is 5.91 Å². The SMILES string of the molecule is CCCCN(C)C[C@H](C)NC(=O)c1nnn(-c2cccc3ncccc23)c1C. The van der Waals surface area contributed by atoms with Crippen LogP contribution in [0.15, 0.2) is 36.5 Å². The van der Waals surface area contributed by atoms with Crippen LogP contribution in [0.25, 0.3) is 16.6 Å². The van der Waals surface area contributed by atoms with Crippen LogP contribution in [0.3, 0.4) is 0 Å². The maximum absolute atomic E-state index is 12.7. The van der Waals surface area contributed by atoms with Crippen LogP contribution in [0.5, 0.6) is 0 Å². The van der Waals surface area contributed by atoms with Gasteiger partial charge in [0.05, 0.1) is 16.9 Å². The molecule has 0 radical (unpaired) electrons. The molecule has 0 aliphatic rings. The first-order chi connectivity index (χ1) is 13.5. The molecule has 0 aliphatic carbocycles. The average molecular weight is 380 g/mol. The van der Waals surface area contributed by atoms with Crippen LogP contribution < -0.4 is 5.32 Å². The number of hydrogen-bond acceptors (Lipinski definition) is 5. The molecule has 2 heterocycles. The minimum Gasteiger partial charge on any atom is -0.347 e. The van der Waals surface area contributed by atoms with Crippen molar-refractivity contribution in [1.29, 1.82) is 0 Å². The fourth-order valence-electron chi connectivity index (χ4n) is 3.36. The molecule has 1 aromatic carbocycles. The minimum absolute atomic E-state index is 0.0284. The summed E-state index contributed by atoms with van der Waals surface area (Å²) in [5.74, 6) is -0.196. The Kier molecular flexibility index (Phi) is 6.36. The number of carbonyl (C=O) groups excluding carboxylic acids is 1. The zero-order valence-corrected chi connectivity index (χ0v) is 17.0. The Hall–Kier alpha value is -2.80. The summed E-state index contributed by atoms with van der Waals surface area (Å²) in [4.78, 5) is 19.3. The number of fused-ring (bicyclic) bond motifs is 1. The summed E-state index contributed by atoms with van der Waals surface area (Å²) in [5, 5.41) is 12.4. The van der Waals surface area contributed by atoms with Crippen molar-refractivity contribution in [3.63, 3.8) is 0 Å². The van der Waals surface area contributed by atoms with Crippen molar-refractivity contribution in [2.24, 2.45) is 0 Å². The molecular weight excluding hydrogens is 352 g/mol. The lowest BCUT2D eigenvalue weighted by molar-refractivity contribution is 0.0926. The zero-order chi connectivity index (χ0) is 20.1. The minimum atomic E-state index is -0.196. The van der Waals surface area contributed by atoms with Crippen LogP contribution in [-0.4, -0.2) is 57.0 Å².